The van der Waals surface area contributed by atoms with Crippen LogP contribution in [0.5, 0.6) is 17.2 Å². The molecule has 22 heavy (non-hydrogen) atoms. The summed E-state index contributed by atoms with van der Waals surface area (Å²) in [7, 11) is 1.47. The quantitative estimate of drug-likeness (QED) is 0.830. The Bertz CT molecular complexity index is 719. The van der Waals surface area contributed by atoms with Crippen LogP contribution < -0.4 is 15.0 Å². The van der Waals surface area contributed by atoms with Crippen molar-refractivity contribution in [2.45, 2.75) is 39.7 Å². The standard InChI is InChI=1S/C17H23NO4/c1-5-6-9-22-15-13-8-7-12(19)10-14(13)18(11(2)3)17(20)16(15)21-4/h7-8,10-11,19H,5-6,9H2,1-4H3. The van der Waals surface area contributed by atoms with Gasteiger partial charge in [0.1, 0.15) is 5.75 Å². The van der Waals surface area contributed by atoms with Gasteiger partial charge in [0.15, 0.2) is 5.75 Å². The lowest BCUT2D eigenvalue weighted by atomic mass is 10.1. The lowest BCUT2D eigenvalue weighted by Gasteiger charge is -2.19. The van der Waals surface area contributed by atoms with Crippen LogP contribution in [-0.2, 0) is 0 Å². The van der Waals surface area contributed by atoms with Crippen molar-refractivity contribution in [2.75, 3.05) is 13.7 Å². The van der Waals surface area contributed by atoms with E-state index < -0.39 is 0 Å². The highest BCUT2D eigenvalue weighted by Crippen LogP contribution is 2.35. The summed E-state index contributed by atoms with van der Waals surface area (Å²) in [5.74, 6) is 0.779. The predicted octanol–water partition coefficient (Wildman–Crippen LogP) is 3.48. The van der Waals surface area contributed by atoms with Gasteiger partial charge in [0, 0.05) is 17.5 Å². The molecule has 5 nitrogen and oxygen atoms in total. The van der Waals surface area contributed by atoms with Gasteiger partial charge in [-0.3, -0.25) is 4.79 Å². The normalized spacial score (nSPS) is 11.1. The van der Waals surface area contributed by atoms with Gasteiger partial charge < -0.3 is 19.1 Å². The number of pyridine rings is 1. The second-order valence-corrected chi connectivity index (χ2v) is 5.53. The first kappa shape index (κ1) is 16.2. The average molecular weight is 305 g/mol. The summed E-state index contributed by atoms with van der Waals surface area (Å²) in [6.45, 7) is 6.44. The molecule has 0 aliphatic carbocycles. The van der Waals surface area contributed by atoms with Crippen LogP contribution >= 0.6 is 0 Å². The van der Waals surface area contributed by atoms with E-state index in [1.807, 2.05) is 13.8 Å². The van der Waals surface area contributed by atoms with Gasteiger partial charge in [0.05, 0.1) is 19.2 Å². The van der Waals surface area contributed by atoms with Gasteiger partial charge in [-0.05, 0) is 32.4 Å². The van der Waals surface area contributed by atoms with Gasteiger partial charge in [-0.1, -0.05) is 13.3 Å². The number of phenols is 1. The van der Waals surface area contributed by atoms with Crippen molar-refractivity contribution in [1.29, 1.82) is 0 Å². The van der Waals surface area contributed by atoms with E-state index in [2.05, 4.69) is 6.92 Å². The number of aromatic hydroxyl groups is 1. The molecule has 1 heterocycles. The van der Waals surface area contributed by atoms with Crippen molar-refractivity contribution in [3.8, 4) is 17.2 Å². The van der Waals surface area contributed by atoms with Gasteiger partial charge in [0.2, 0.25) is 5.75 Å². The number of benzene rings is 1. The number of aromatic nitrogens is 1. The van der Waals surface area contributed by atoms with Crippen molar-refractivity contribution < 1.29 is 14.6 Å². The molecule has 2 rings (SSSR count). The Morgan fingerprint density at radius 1 is 1.27 bits per heavy atom. The second kappa shape index (κ2) is 6.73. The third-order valence-electron chi connectivity index (χ3n) is 3.57. The summed E-state index contributed by atoms with van der Waals surface area (Å²) in [6.07, 6.45) is 1.90. The highest BCUT2D eigenvalue weighted by atomic mass is 16.5. The van der Waals surface area contributed by atoms with E-state index in [9.17, 15) is 9.90 Å². The van der Waals surface area contributed by atoms with Crippen LogP contribution in [0.3, 0.4) is 0 Å². The molecule has 0 unspecified atom stereocenters. The zero-order valence-electron chi connectivity index (χ0n) is 13.5. The minimum Gasteiger partial charge on any atom is -0.508 e. The Morgan fingerprint density at radius 3 is 2.59 bits per heavy atom. The fraction of sp³-hybridized carbons (Fsp3) is 0.471. The maximum absolute atomic E-state index is 12.7. The topological polar surface area (TPSA) is 60.7 Å². The first-order valence-electron chi connectivity index (χ1n) is 7.59. The SMILES string of the molecule is CCCCOc1c(OC)c(=O)n(C(C)C)c2cc(O)ccc12. The number of rotatable bonds is 6. The largest absolute Gasteiger partial charge is 0.508 e. The molecule has 2 aromatic rings. The number of nitrogens with zero attached hydrogens (tertiary/aromatic N) is 1. The van der Waals surface area contributed by atoms with E-state index in [1.54, 1.807) is 22.8 Å². The van der Waals surface area contributed by atoms with Gasteiger partial charge >= 0.3 is 0 Å². The predicted molar refractivity (Wildman–Crippen MR) is 87.2 cm³/mol. The van der Waals surface area contributed by atoms with E-state index in [0.29, 0.717) is 17.9 Å². The Hall–Kier alpha value is -2.17. The molecule has 0 aliphatic rings. The smallest absolute Gasteiger partial charge is 0.297 e. The molecule has 1 aromatic heterocycles. The van der Waals surface area contributed by atoms with Crippen molar-refractivity contribution >= 4 is 10.9 Å². The Morgan fingerprint density at radius 2 is 2.00 bits per heavy atom. The number of phenolic OH excluding ortho intramolecular Hbond substituents is 1. The number of hydrogen-bond donors (Lipinski definition) is 1. The molecular formula is C17H23NO4. The lowest BCUT2D eigenvalue weighted by molar-refractivity contribution is 0.288. The molecule has 1 N–H and O–H groups in total. The molecule has 0 aliphatic heterocycles. The van der Waals surface area contributed by atoms with E-state index in [-0.39, 0.29) is 23.1 Å². The van der Waals surface area contributed by atoms with Crippen LogP contribution in [0.25, 0.3) is 10.9 Å². The molecule has 0 saturated heterocycles. The van der Waals surface area contributed by atoms with Gasteiger partial charge in [-0.15, -0.1) is 0 Å². The van der Waals surface area contributed by atoms with E-state index in [1.165, 1.54) is 7.11 Å². The monoisotopic (exact) mass is 305 g/mol. The average Bonchev–Trinajstić information content (AvgIpc) is 2.46. The molecule has 0 saturated carbocycles. The summed E-state index contributed by atoms with van der Waals surface area (Å²) in [5.41, 5.74) is 0.398. The number of hydrogen-bond acceptors (Lipinski definition) is 4. The van der Waals surface area contributed by atoms with Crippen molar-refractivity contribution in [1.82, 2.24) is 4.57 Å². The van der Waals surface area contributed by atoms with Crippen molar-refractivity contribution in [3.63, 3.8) is 0 Å². The zero-order chi connectivity index (χ0) is 16.3. The number of methoxy groups -OCH3 is 1. The van der Waals surface area contributed by atoms with Crippen LogP contribution in [0.1, 0.15) is 39.7 Å². The molecule has 1 aromatic carbocycles. The summed E-state index contributed by atoms with van der Waals surface area (Å²) in [6, 6.07) is 4.87. The third kappa shape index (κ3) is 2.89. The van der Waals surface area contributed by atoms with Crippen LogP contribution in [0.4, 0.5) is 0 Å². The summed E-state index contributed by atoms with van der Waals surface area (Å²) in [4.78, 5) is 12.7. The van der Waals surface area contributed by atoms with Crippen LogP contribution in [0, 0.1) is 0 Å². The minimum atomic E-state index is -0.248. The van der Waals surface area contributed by atoms with Crippen LogP contribution in [-0.4, -0.2) is 23.4 Å². The lowest BCUT2D eigenvalue weighted by Crippen LogP contribution is -2.24. The molecule has 0 spiro atoms. The summed E-state index contributed by atoms with van der Waals surface area (Å²) in [5, 5.41) is 10.5. The number of ether oxygens (including phenoxy) is 2. The van der Waals surface area contributed by atoms with Crippen molar-refractivity contribution in [3.05, 3.63) is 28.6 Å². The Balaban J connectivity index is 2.77. The first-order valence-corrected chi connectivity index (χ1v) is 7.59. The van der Waals surface area contributed by atoms with E-state index >= 15 is 0 Å². The maximum Gasteiger partial charge on any atom is 0.297 e. The number of fused-ring (bicyclic) bond motifs is 1. The Kier molecular flexibility index (Phi) is 4.96. The van der Waals surface area contributed by atoms with Gasteiger partial charge in [-0.2, -0.15) is 0 Å². The fourth-order valence-electron chi connectivity index (χ4n) is 2.50. The van der Waals surface area contributed by atoms with Gasteiger partial charge in [0.25, 0.3) is 5.56 Å². The fourth-order valence-corrected chi connectivity index (χ4v) is 2.50. The molecule has 0 radical (unpaired) electrons. The highest BCUT2D eigenvalue weighted by Gasteiger charge is 2.20. The maximum atomic E-state index is 12.7. The summed E-state index contributed by atoms with van der Waals surface area (Å²) >= 11 is 0. The minimum absolute atomic E-state index is 0.0598. The Labute approximate surface area is 130 Å². The molecular weight excluding hydrogens is 282 g/mol. The second-order valence-electron chi connectivity index (χ2n) is 5.53. The number of unbranched alkanes of at least 4 members (excludes halogenated alkanes) is 1. The molecule has 5 heteroatoms. The van der Waals surface area contributed by atoms with E-state index in [0.717, 1.165) is 18.2 Å². The molecule has 0 atom stereocenters. The molecule has 120 valence electrons. The summed E-state index contributed by atoms with van der Waals surface area (Å²) < 4.78 is 12.7. The third-order valence-corrected chi connectivity index (χ3v) is 3.57. The van der Waals surface area contributed by atoms with Gasteiger partial charge in [-0.25, -0.2) is 0 Å². The van der Waals surface area contributed by atoms with Crippen LogP contribution in [0.15, 0.2) is 23.0 Å². The zero-order valence-corrected chi connectivity index (χ0v) is 13.5. The van der Waals surface area contributed by atoms with Crippen molar-refractivity contribution in [2.24, 2.45) is 0 Å². The molecule has 0 bridgehead atoms. The van der Waals surface area contributed by atoms with E-state index in [4.69, 9.17) is 9.47 Å². The highest BCUT2D eigenvalue weighted by molar-refractivity contribution is 5.89. The molecule has 0 fully saturated rings. The van der Waals surface area contributed by atoms with Crippen LogP contribution in [0.2, 0.25) is 0 Å². The molecule has 0 amide bonds. The first-order chi connectivity index (χ1) is 10.5.